The van der Waals surface area contributed by atoms with Crippen molar-refractivity contribution in [1.82, 2.24) is 4.98 Å². The van der Waals surface area contributed by atoms with Crippen LogP contribution in [0.25, 0.3) is 22.2 Å². The molecule has 1 aliphatic heterocycles. The standard InChI is InChI=1S/C16H11FNO6P.Na/c17-11-4-2-1-3-9(11)12-6-14(24-25(19,20)21)10-5-15-16(23-8-22-15)7-13(10)18-12;/h1-7H,8H2,(H2,19,20,21);/q;+1/p-1. The van der Waals surface area contributed by atoms with Crippen molar-refractivity contribution in [2.45, 2.75) is 0 Å². The summed E-state index contributed by atoms with van der Waals surface area (Å²) in [7, 11) is -5.08. The van der Waals surface area contributed by atoms with Crippen molar-refractivity contribution in [2.75, 3.05) is 6.79 Å². The van der Waals surface area contributed by atoms with Crippen molar-refractivity contribution in [3.05, 3.63) is 48.3 Å². The number of hydrogen-bond acceptors (Lipinski definition) is 6. The third-order valence-corrected chi connectivity index (χ3v) is 4.06. The van der Waals surface area contributed by atoms with Crippen molar-refractivity contribution >= 4 is 18.7 Å². The molecule has 0 aliphatic carbocycles. The molecule has 0 radical (unpaired) electrons. The number of hydrogen-bond donors (Lipinski definition) is 1. The van der Waals surface area contributed by atoms with Crippen molar-refractivity contribution in [3.63, 3.8) is 0 Å². The van der Waals surface area contributed by atoms with E-state index in [0.717, 1.165) is 0 Å². The van der Waals surface area contributed by atoms with Gasteiger partial charge in [-0.1, -0.05) is 12.1 Å². The minimum absolute atomic E-state index is 0. The van der Waals surface area contributed by atoms with Gasteiger partial charge in [-0.25, -0.2) is 9.37 Å². The van der Waals surface area contributed by atoms with E-state index in [1.54, 1.807) is 6.07 Å². The molecule has 0 amide bonds. The number of benzene rings is 2. The second kappa shape index (κ2) is 7.15. The molecular formula is C16H10FNNaO6P. The van der Waals surface area contributed by atoms with E-state index in [1.807, 2.05) is 0 Å². The molecule has 2 aromatic carbocycles. The van der Waals surface area contributed by atoms with Gasteiger partial charge in [0.05, 0.1) is 11.2 Å². The zero-order valence-corrected chi connectivity index (χ0v) is 16.4. The number of aromatic nitrogens is 1. The van der Waals surface area contributed by atoms with Gasteiger partial charge in [-0.2, -0.15) is 0 Å². The molecule has 1 unspecified atom stereocenters. The summed E-state index contributed by atoms with van der Waals surface area (Å²) in [5.74, 6) is 0.0835. The molecule has 1 aliphatic rings. The van der Waals surface area contributed by atoms with E-state index in [9.17, 15) is 13.8 Å². The second-order valence-electron chi connectivity index (χ2n) is 5.27. The Morgan fingerprint density at radius 1 is 1.19 bits per heavy atom. The smallest absolute Gasteiger partial charge is 0.746 e. The molecule has 1 aromatic heterocycles. The molecule has 0 saturated carbocycles. The van der Waals surface area contributed by atoms with Gasteiger partial charge in [-0.3, -0.25) is 4.57 Å². The predicted molar refractivity (Wildman–Crippen MR) is 83.7 cm³/mol. The summed E-state index contributed by atoms with van der Waals surface area (Å²) in [6.45, 7) is 0.0159. The van der Waals surface area contributed by atoms with Crippen molar-refractivity contribution in [2.24, 2.45) is 0 Å². The Balaban J connectivity index is 0.00000196. The molecule has 1 N–H and O–H groups in total. The monoisotopic (exact) mass is 385 g/mol. The number of phosphoric acid groups is 1. The van der Waals surface area contributed by atoms with Gasteiger partial charge in [0.2, 0.25) is 6.79 Å². The van der Waals surface area contributed by atoms with Crippen LogP contribution in [-0.4, -0.2) is 16.7 Å². The van der Waals surface area contributed by atoms with Crippen LogP contribution < -0.4 is 48.4 Å². The Bertz CT molecular complexity index is 1040. The normalized spacial score (nSPS) is 14.6. The average Bonchev–Trinajstić information content (AvgIpc) is 2.99. The second-order valence-corrected chi connectivity index (χ2v) is 6.39. The van der Waals surface area contributed by atoms with Crippen LogP contribution in [0.2, 0.25) is 0 Å². The van der Waals surface area contributed by atoms with Gasteiger partial charge in [0.15, 0.2) is 11.5 Å². The molecule has 4 rings (SSSR count). The minimum atomic E-state index is -5.08. The number of ether oxygens (including phenoxy) is 2. The van der Waals surface area contributed by atoms with Crippen LogP contribution in [0, 0.1) is 5.82 Å². The van der Waals surface area contributed by atoms with Crippen LogP contribution >= 0.6 is 7.82 Å². The Morgan fingerprint density at radius 3 is 2.58 bits per heavy atom. The average molecular weight is 385 g/mol. The maximum atomic E-state index is 14.1. The van der Waals surface area contributed by atoms with Gasteiger partial charge >= 0.3 is 37.4 Å². The predicted octanol–water partition coefficient (Wildman–Crippen LogP) is -0.387. The summed E-state index contributed by atoms with van der Waals surface area (Å²) in [6.07, 6.45) is 0. The molecule has 10 heteroatoms. The molecular weight excluding hydrogens is 375 g/mol. The van der Waals surface area contributed by atoms with Gasteiger partial charge in [-0.05, 0) is 18.2 Å². The molecule has 7 nitrogen and oxygen atoms in total. The number of phosphoric ester groups is 1. The molecule has 0 saturated heterocycles. The van der Waals surface area contributed by atoms with Crippen molar-refractivity contribution < 1.29 is 62.3 Å². The number of fused-ring (bicyclic) bond motifs is 2. The fraction of sp³-hybridized carbons (Fsp3) is 0.0625. The molecule has 2 heterocycles. The van der Waals surface area contributed by atoms with E-state index in [-0.39, 0.29) is 58.7 Å². The van der Waals surface area contributed by atoms with Crippen LogP contribution in [0.3, 0.4) is 0 Å². The first-order valence-electron chi connectivity index (χ1n) is 7.13. The minimum Gasteiger partial charge on any atom is -0.746 e. The van der Waals surface area contributed by atoms with Crippen LogP contribution in [0.4, 0.5) is 4.39 Å². The van der Waals surface area contributed by atoms with E-state index in [1.165, 1.54) is 36.4 Å². The number of nitrogens with zero attached hydrogens (tertiary/aromatic N) is 1. The summed E-state index contributed by atoms with van der Waals surface area (Å²) < 4.78 is 40.5. The first kappa shape index (κ1) is 19.1. The molecule has 128 valence electrons. The van der Waals surface area contributed by atoms with Crippen molar-refractivity contribution in [3.8, 4) is 28.5 Å². The molecule has 0 spiro atoms. The van der Waals surface area contributed by atoms with Gasteiger partial charge in [0.1, 0.15) is 11.6 Å². The van der Waals surface area contributed by atoms with Gasteiger partial charge in [-0.15, -0.1) is 0 Å². The molecule has 0 bridgehead atoms. The summed E-state index contributed by atoms with van der Waals surface area (Å²) in [5.41, 5.74) is 0.604. The van der Waals surface area contributed by atoms with Gasteiger partial charge < -0.3 is 23.8 Å². The molecule has 26 heavy (non-hydrogen) atoms. The SMILES string of the molecule is O=P([O-])(O)Oc1cc(-c2ccccc2F)nc2cc3c(cc12)OCO3.[Na+]. The summed E-state index contributed by atoms with van der Waals surface area (Å²) in [6, 6.07) is 10.2. The van der Waals surface area contributed by atoms with E-state index in [4.69, 9.17) is 14.4 Å². The largest absolute Gasteiger partial charge is 1.00 e. The Morgan fingerprint density at radius 2 is 1.88 bits per heavy atom. The van der Waals surface area contributed by atoms with E-state index >= 15 is 0 Å². The van der Waals surface area contributed by atoms with E-state index < -0.39 is 13.6 Å². The van der Waals surface area contributed by atoms with Crippen LogP contribution in [-0.2, 0) is 4.57 Å². The fourth-order valence-electron chi connectivity index (χ4n) is 2.59. The van der Waals surface area contributed by atoms with Crippen LogP contribution in [0.1, 0.15) is 0 Å². The molecule has 0 fully saturated rings. The topological polar surface area (TPSA) is 101 Å². The maximum Gasteiger partial charge on any atom is 1.00 e. The third-order valence-electron chi connectivity index (χ3n) is 3.63. The number of pyridine rings is 1. The van der Waals surface area contributed by atoms with Gasteiger partial charge in [0.25, 0.3) is 0 Å². The summed E-state index contributed by atoms with van der Waals surface area (Å²) >= 11 is 0. The fourth-order valence-corrected chi connectivity index (χ4v) is 2.99. The first-order chi connectivity index (χ1) is 11.9. The number of rotatable bonds is 3. The first-order valence-corrected chi connectivity index (χ1v) is 8.63. The van der Waals surface area contributed by atoms with Crippen LogP contribution in [0.5, 0.6) is 17.2 Å². The van der Waals surface area contributed by atoms with Crippen LogP contribution in [0.15, 0.2) is 42.5 Å². The number of halogens is 1. The zero-order valence-electron chi connectivity index (χ0n) is 13.5. The Hall–Kier alpha value is -1.67. The molecule has 1 atom stereocenters. The quantitative estimate of drug-likeness (QED) is 0.484. The Kier molecular flexibility index (Phi) is 5.25. The molecule has 3 aromatic rings. The summed E-state index contributed by atoms with van der Waals surface area (Å²) in [5, 5.41) is 0.273. The third kappa shape index (κ3) is 3.71. The maximum absolute atomic E-state index is 14.1. The zero-order chi connectivity index (χ0) is 17.6. The van der Waals surface area contributed by atoms with E-state index in [0.29, 0.717) is 17.0 Å². The van der Waals surface area contributed by atoms with Crippen molar-refractivity contribution in [1.29, 1.82) is 0 Å². The summed E-state index contributed by atoms with van der Waals surface area (Å²) in [4.78, 5) is 24.6. The van der Waals surface area contributed by atoms with E-state index in [2.05, 4.69) is 9.51 Å². The Labute approximate surface area is 169 Å². The van der Waals surface area contributed by atoms with Gasteiger partial charge in [0, 0.05) is 23.1 Å².